The summed E-state index contributed by atoms with van der Waals surface area (Å²) >= 11 is 0. The fourth-order valence-corrected chi connectivity index (χ4v) is 3.30. The molecule has 2 fully saturated rings. The van der Waals surface area contributed by atoms with E-state index in [4.69, 9.17) is 0 Å². The van der Waals surface area contributed by atoms with Gasteiger partial charge in [0.25, 0.3) is 0 Å². The lowest BCUT2D eigenvalue weighted by molar-refractivity contribution is -0.129. The fraction of sp³-hybridized carbons (Fsp3) is 0.929. The molecule has 1 aliphatic heterocycles. The fourth-order valence-electron chi connectivity index (χ4n) is 3.30. The van der Waals surface area contributed by atoms with Crippen LogP contribution < -0.4 is 0 Å². The van der Waals surface area contributed by atoms with Crippen molar-refractivity contribution < 1.29 is 4.79 Å². The van der Waals surface area contributed by atoms with Crippen LogP contribution in [0.2, 0.25) is 0 Å². The summed E-state index contributed by atoms with van der Waals surface area (Å²) in [6.45, 7) is 5.54. The molecule has 0 aromatic carbocycles. The second-order valence-corrected chi connectivity index (χ2v) is 5.47. The van der Waals surface area contributed by atoms with E-state index in [1.807, 2.05) is 0 Å². The number of rotatable bonds is 3. The number of nitrogens with zero attached hydrogens (tertiary/aromatic N) is 1. The van der Waals surface area contributed by atoms with Crippen molar-refractivity contribution in [1.82, 2.24) is 4.90 Å². The van der Waals surface area contributed by atoms with E-state index in [9.17, 15) is 4.79 Å². The van der Waals surface area contributed by atoms with Crippen LogP contribution in [0.3, 0.4) is 0 Å². The molecule has 1 heterocycles. The van der Waals surface area contributed by atoms with Crippen LogP contribution >= 0.6 is 0 Å². The highest BCUT2D eigenvalue weighted by Crippen LogP contribution is 2.29. The predicted octanol–water partition coefficient (Wildman–Crippen LogP) is 2.87. The molecule has 0 spiro atoms. The molecule has 0 N–H and O–H groups in total. The molecule has 1 atom stereocenters. The zero-order valence-electron chi connectivity index (χ0n) is 10.6. The second kappa shape index (κ2) is 5.81. The summed E-state index contributed by atoms with van der Waals surface area (Å²) < 4.78 is 0. The van der Waals surface area contributed by atoms with Crippen LogP contribution in [0.15, 0.2) is 0 Å². The highest BCUT2D eigenvalue weighted by atomic mass is 16.1. The number of Topliss-reactive ketones (excluding diaryl/α,β-unsaturated/α-hetero) is 1. The van der Waals surface area contributed by atoms with E-state index >= 15 is 0 Å². The van der Waals surface area contributed by atoms with Gasteiger partial charge in [0, 0.05) is 18.4 Å². The zero-order valence-corrected chi connectivity index (χ0v) is 10.6. The number of carbonyl (C=O) groups excluding carboxylic acids is 1. The molecule has 1 aliphatic carbocycles. The Hall–Kier alpha value is -0.370. The van der Waals surface area contributed by atoms with Gasteiger partial charge >= 0.3 is 0 Å². The maximum atomic E-state index is 12.4. The largest absolute Gasteiger partial charge is 0.303 e. The first-order valence-electron chi connectivity index (χ1n) is 7.07. The summed E-state index contributed by atoms with van der Waals surface area (Å²) in [5.74, 6) is 1.37. The van der Waals surface area contributed by atoms with Crippen LogP contribution in [-0.4, -0.2) is 30.3 Å². The quantitative estimate of drug-likeness (QED) is 0.733. The van der Waals surface area contributed by atoms with Gasteiger partial charge in [0.1, 0.15) is 5.78 Å². The molecule has 2 heteroatoms. The van der Waals surface area contributed by atoms with Gasteiger partial charge in [0.05, 0.1) is 0 Å². The van der Waals surface area contributed by atoms with Crippen LogP contribution in [0.25, 0.3) is 0 Å². The lowest BCUT2D eigenvalue weighted by Crippen LogP contribution is -2.40. The molecule has 2 aliphatic rings. The molecule has 0 amide bonds. The lowest BCUT2D eigenvalue weighted by atomic mass is 9.79. The Bertz CT molecular complexity index is 233. The molecule has 0 radical (unpaired) electrons. The van der Waals surface area contributed by atoms with Gasteiger partial charge in [-0.1, -0.05) is 26.2 Å². The van der Waals surface area contributed by atoms with Crippen LogP contribution in [0.4, 0.5) is 0 Å². The van der Waals surface area contributed by atoms with Gasteiger partial charge in [-0.2, -0.15) is 0 Å². The van der Waals surface area contributed by atoms with Crippen LogP contribution in [0, 0.1) is 11.8 Å². The number of piperidine rings is 1. The minimum Gasteiger partial charge on any atom is -0.303 e. The molecule has 1 unspecified atom stereocenters. The van der Waals surface area contributed by atoms with Crippen molar-refractivity contribution in [3.63, 3.8) is 0 Å². The summed E-state index contributed by atoms with van der Waals surface area (Å²) in [4.78, 5) is 14.8. The van der Waals surface area contributed by atoms with Crippen molar-refractivity contribution in [2.24, 2.45) is 11.8 Å². The van der Waals surface area contributed by atoms with Gasteiger partial charge in [-0.3, -0.25) is 4.79 Å². The Labute approximate surface area is 99.4 Å². The number of likely N-dealkylation sites (tertiary alicyclic amines) is 1. The van der Waals surface area contributed by atoms with Crippen LogP contribution in [0.1, 0.15) is 51.9 Å². The average molecular weight is 223 g/mol. The van der Waals surface area contributed by atoms with E-state index < -0.39 is 0 Å². The van der Waals surface area contributed by atoms with Crippen molar-refractivity contribution in [2.75, 3.05) is 19.6 Å². The molecule has 0 aromatic rings. The predicted molar refractivity (Wildman–Crippen MR) is 66.4 cm³/mol. The molecule has 0 aromatic heterocycles. The lowest BCUT2D eigenvalue weighted by Gasteiger charge is -2.33. The Morgan fingerprint density at radius 2 is 1.75 bits per heavy atom. The molecule has 2 nitrogen and oxygen atoms in total. The average Bonchev–Trinajstić information content (AvgIpc) is 2.39. The highest BCUT2D eigenvalue weighted by molar-refractivity contribution is 5.83. The first-order chi connectivity index (χ1) is 7.81. The minimum atomic E-state index is 0.358. The van der Waals surface area contributed by atoms with Gasteiger partial charge in [0.15, 0.2) is 0 Å². The van der Waals surface area contributed by atoms with Crippen molar-refractivity contribution in [2.45, 2.75) is 51.9 Å². The second-order valence-electron chi connectivity index (χ2n) is 5.47. The van der Waals surface area contributed by atoms with E-state index in [1.54, 1.807) is 0 Å². The molecule has 1 saturated carbocycles. The summed E-state index contributed by atoms with van der Waals surface area (Å²) in [6.07, 6.45) is 8.60. The third kappa shape index (κ3) is 2.85. The number of carbonyl (C=O) groups is 1. The Balaban J connectivity index is 1.87. The van der Waals surface area contributed by atoms with Gasteiger partial charge < -0.3 is 4.90 Å². The van der Waals surface area contributed by atoms with E-state index in [1.165, 1.54) is 45.1 Å². The zero-order chi connectivity index (χ0) is 11.4. The van der Waals surface area contributed by atoms with Gasteiger partial charge in [0.2, 0.25) is 0 Å². The van der Waals surface area contributed by atoms with E-state index in [0.717, 1.165) is 19.5 Å². The molecule has 1 saturated heterocycles. The van der Waals surface area contributed by atoms with E-state index in [0.29, 0.717) is 17.6 Å². The van der Waals surface area contributed by atoms with Crippen LogP contribution in [-0.2, 0) is 4.79 Å². The summed E-state index contributed by atoms with van der Waals surface area (Å²) in [5, 5.41) is 0. The molecule has 92 valence electrons. The molecule has 2 rings (SSSR count). The van der Waals surface area contributed by atoms with Crippen molar-refractivity contribution >= 4 is 5.78 Å². The summed E-state index contributed by atoms with van der Waals surface area (Å²) in [6, 6.07) is 0. The number of hydrogen-bond donors (Lipinski definition) is 0. The summed E-state index contributed by atoms with van der Waals surface area (Å²) in [5.41, 5.74) is 0. The Morgan fingerprint density at radius 1 is 1.06 bits per heavy atom. The van der Waals surface area contributed by atoms with Gasteiger partial charge in [-0.05, 0) is 38.8 Å². The molecular formula is C14H25NO. The first-order valence-corrected chi connectivity index (χ1v) is 7.07. The Kier molecular flexibility index (Phi) is 4.39. The van der Waals surface area contributed by atoms with Crippen molar-refractivity contribution in [3.05, 3.63) is 0 Å². The Morgan fingerprint density at radius 3 is 2.44 bits per heavy atom. The van der Waals surface area contributed by atoms with Crippen molar-refractivity contribution in [3.8, 4) is 0 Å². The van der Waals surface area contributed by atoms with E-state index in [-0.39, 0.29) is 0 Å². The molecule has 0 bridgehead atoms. The molecular weight excluding hydrogens is 198 g/mol. The number of hydrogen-bond acceptors (Lipinski definition) is 2. The van der Waals surface area contributed by atoms with E-state index in [2.05, 4.69) is 11.8 Å². The van der Waals surface area contributed by atoms with Crippen molar-refractivity contribution in [1.29, 1.82) is 0 Å². The van der Waals surface area contributed by atoms with Gasteiger partial charge in [-0.15, -0.1) is 0 Å². The summed E-state index contributed by atoms with van der Waals surface area (Å²) in [7, 11) is 0. The maximum absolute atomic E-state index is 12.4. The number of ketones is 1. The smallest absolute Gasteiger partial charge is 0.140 e. The maximum Gasteiger partial charge on any atom is 0.140 e. The topological polar surface area (TPSA) is 20.3 Å². The third-order valence-electron chi connectivity index (χ3n) is 4.36. The normalized spacial score (nSPS) is 29.2. The van der Waals surface area contributed by atoms with Crippen LogP contribution in [0.5, 0.6) is 0 Å². The first kappa shape index (κ1) is 12.1. The third-order valence-corrected chi connectivity index (χ3v) is 4.36. The SMILES string of the molecule is CCN1CCCC(C(=O)C2CCCCC2)C1. The standard InChI is InChI=1S/C14H25NO/c1-2-15-10-6-9-13(11-15)14(16)12-7-4-3-5-8-12/h12-13H,2-11H2,1H3. The van der Waals surface area contributed by atoms with Gasteiger partial charge in [-0.25, -0.2) is 0 Å². The molecule has 16 heavy (non-hydrogen) atoms. The monoisotopic (exact) mass is 223 g/mol. The minimum absolute atomic E-state index is 0.358. The highest BCUT2D eigenvalue weighted by Gasteiger charge is 2.30.